The molecule has 0 aliphatic heterocycles. The molecule has 15 heavy (non-hydrogen) atoms. The lowest BCUT2D eigenvalue weighted by atomic mass is 10.0. The first-order chi connectivity index (χ1) is 6.93. The second-order valence-corrected chi connectivity index (χ2v) is 4.17. The quantitative estimate of drug-likeness (QED) is 0.778. The van der Waals surface area contributed by atoms with Gasteiger partial charge in [0.15, 0.2) is 0 Å². The van der Waals surface area contributed by atoms with Crippen molar-refractivity contribution in [2.75, 3.05) is 0 Å². The van der Waals surface area contributed by atoms with Crippen LogP contribution in [0, 0.1) is 6.92 Å². The van der Waals surface area contributed by atoms with Crippen molar-refractivity contribution in [3.63, 3.8) is 0 Å². The average molecular weight is 274 g/mol. The molecule has 1 aromatic rings. The first-order valence-corrected chi connectivity index (χ1v) is 5.18. The third-order valence-corrected chi connectivity index (χ3v) is 3.11. The minimum atomic E-state index is -1.08. The highest BCUT2D eigenvalue weighted by Gasteiger charge is 2.17. The maximum atomic E-state index is 10.6. The molecule has 1 atom stereocenters. The standard InChI is InChI=1S/C10H12BrNO3/c1-5-6(4-8(12)10(14)15)9(13)3-2-7(5)11/h2-3,8,13H,4,12H2,1H3,(H,14,15). The average Bonchev–Trinajstić information content (AvgIpc) is 2.18. The van der Waals surface area contributed by atoms with E-state index >= 15 is 0 Å². The van der Waals surface area contributed by atoms with Crippen molar-refractivity contribution in [1.82, 2.24) is 0 Å². The monoisotopic (exact) mass is 273 g/mol. The van der Waals surface area contributed by atoms with Crippen LogP contribution >= 0.6 is 15.9 Å². The molecular formula is C10H12BrNO3. The van der Waals surface area contributed by atoms with E-state index in [4.69, 9.17) is 10.8 Å². The summed E-state index contributed by atoms with van der Waals surface area (Å²) in [6.45, 7) is 1.80. The molecule has 0 fully saturated rings. The van der Waals surface area contributed by atoms with Crippen molar-refractivity contribution in [2.24, 2.45) is 5.73 Å². The summed E-state index contributed by atoms with van der Waals surface area (Å²) in [5, 5.41) is 18.3. The van der Waals surface area contributed by atoms with Gasteiger partial charge in [0.2, 0.25) is 0 Å². The van der Waals surface area contributed by atoms with E-state index in [0.717, 1.165) is 10.0 Å². The van der Waals surface area contributed by atoms with Crippen molar-refractivity contribution in [3.8, 4) is 5.75 Å². The first kappa shape index (κ1) is 12.0. The number of phenolic OH excluding ortho intramolecular Hbond substituents is 1. The lowest BCUT2D eigenvalue weighted by Gasteiger charge is -2.12. The number of aromatic hydroxyl groups is 1. The van der Waals surface area contributed by atoms with Gasteiger partial charge in [-0.3, -0.25) is 4.79 Å². The summed E-state index contributed by atoms with van der Waals surface area (Å²) in [7, 11) is 0. The largest absolute Gasteiger partial charge is 0.508 e. The van der Waals surface area contributed by atoms with Crippen LogP contribution in [-0.4, -0.2) is 22.2 Å². The van der Waals surface area contributed by atoms with Gasteiger partial charge in [0.1, 0.15) is 11.8 Å². The van der Waals surface area contributed by atoms with Crippen LogP contribution in [0.3, 0.4) is 0 Å². The number of rotatable bonds is 3. The van der Waals surface area contributed by atoms with Gasteiger partial charge in [-0.25, -0.2) is 0 Å². The molecule has 0 aromatic heterocycles. The highest BCUT2D eigenvalue weighted by atomic mass is 79.9. The van der Waals surface area contributed by atoms with Crippen LogP contribution in [0.1, 0.15) is 11.1 Å². The van der Waals surface area contributed by atoms with Crippen LogP contribution in [0.5, 0.6) is 5.75 Å². The molecule has 0 heterocycles. The maximum absolute atomic E-state index is 10.6. The van der Waals surface area contributed by atoms with Gasteiger partial charge >= 0.3 is 5.97 Å². The van der Waals surface area contributed by atoms with Gasteiger partial charge in [0.25, 0.3) is 0 Å². The first-order valence-electron chi connectivity index (χ1n) is 4.38. The Morgan fingerprint density at radius 3 is 2.73 bits per heavy atom. The number of carbonyl (C=O) groups is 1. The minimum Gasteiger partial charge on any atom is -0.508 e. The van der Waals surface area contributed by atoms with Crippen LogP contribution < -0.4 is 5.73 Å². The molecule has 1 unspecified atom stereocenters. The van der Waals surface area contributed by atoms with Crippen LogP contribution in [0.2, 0.25) is 0 Å². The molecule has 0 radical (unpaired) electrons. The fraction of sp³-hybridized carbons (Fsp3) is 0.300. The number of carboxylic acids is 1. The van der Waals surface area contributed by atoms with Gasteiger partial charge in [-0.05, 0) is 24.6 Å². The van der Waals surface area contributed by atoms with Gasteiger partial charge in [-0.1, -0.05) is 15.9 Å². The van der Waals surface area contributed by atoms with E-state index in [9.17, 15) is 9.90 Å². The predicted octanol–water partition coefficient (Wildman–Crippen LogP) is 1.42. The molecule has 1 rings (SSSR count). The number of benzene rings is 1. The number of nitrogens with two attached hydrogens (primary N) is 1. The van der Waals surface area contributed by atoms with E-state index in [0.29, 0.717) is 5.56 Å². The normalized spacial score (nSPS) is 12.5. The molecule has 0 saturated carbocycles. The minimum absolute atomic E-state index is 0.0763. The summed E-state index contributed by atoms with van der Waals surface area (Å²) in [6.07, 6.45) is 0.118. The SMILES string of the molecule is Cc1c(Br)ccc(O)c1CC(N)C(=O)O. The van der Waals surface area contributed by atoms with Crippen molar-refractivity contribution in [2.45, 2.75) is 19.4 Å². The molecule has 0 saturated heterocycles. The number of aliphatic carboxylic acids is 1. The van der Waals surface area contributed by atoms with Crippen LogP contribution in [0.25, 0.3) is 0 Å². The van der Waals surface area contributed by atoms with Crippen molar-refractivity contribution < 1.29 is 15.0 Å². The van der Waals surface area contributed by atoms with Gasteiger partial charge < -0.3 is 15.9 Å². The number of hydrogen-bond acceptors (Lipinski definition) is 3. The van der Waals surface area contributed by atoms with Crippen molar-refractivity contribution in [3.05, 3.63) is 27.7 Å². The Hall–Kier alpha value is -1.07. The fourth-order valence-corrected chi connectivity index (χ4v) is 1.65. The Balaban J connectivity index is 3.03. The highest BCUT2D eigenvalue weighted by Crippen LogP contribution is 2.28. The van der Waals surface area contributed by atoms with Crippen LogP contribution in [0.4, 0.5) is 0 Å². The van der Waals surface area contributed by atoms with E-state index < -0.39 is 12.0 Å². The Bertz CT molecular complexity index is 392. The summed E-state index contributed by atoms with van der Waals surface area (Å²) in [4.78, 5) is 10.6. The van der Waals surface area contributed by atoms with Crippen LogP contribution in [0.15, 0.2) is 16.6 Å². The number of carboxylic acid groups (broad SMARTS) is 1. The Morgan fingerprint density at radius 1 is 1.60 bits per heavy atom. The number of halogens is 1. The summed E-state index contributed by atoms with van der Waals surface area (Å²) < 4.78 is 0.827. The molecule has 0 spiro atoms. The number of hydrogen-bond donors (Lipinski definition) is 3. The summed E-state index contributed by atoms with van der Waals surface area (Å²) >= 11 is 3.31. The molecule has 82 valence electrons. The Kier molecular flexibility index (Phi) is 3.71. The third kappa shape index (κ3) is 2.70. The van der Waals surface area contributed by atoms with Gasteiger partial charge in [0, 0.05) is 16.5 Å². The summed E-state index contributed by atoms with van der Waals surface area (Å²) in [5.74, 6) is -0.999. The Morgan fingerprint density at radius 2 is 2.20 bits per heavy atom. The second kappa shape index (κ2) is 4.63. The van der Waals surface area contributed by atoms with Crippen LogP contribution in [-0.2, 0) is 11.2 Å². The molecule has 0 amide bonds. The molecule has 1 aromatic carbocycles. The van der Waals surface area contributed by atoms with E-state index in [2.05, 4.69) is 15.9 Å². The molecular weight excluding hydrogens is 262 g/mol. The summed E-state index contributed by atoms with van der Waals surface area (Å²) in [6, 6.07) is 2.23. The van der Waals surface area contributed by atoms with E-state index in [-0.39, 0.29) is 12.2 Å². The zero-order valence-electron chi connectivity index (χ0n) is 8.20. The highest BCUT2D eigenvalue weighted by molar-refractivity contribution is 9.10. The van der Waals surface area contributed by atoms with Gasteiger partial charge in [0.05, 0.1) is 0 Å². The van der Waals surface area contributed by atoms with Crippen molar-refractivity contribution in [1.29, 1.82) is 0 Å². The predicted molar refractivity (Wildman–Crippen MR) is 59.9 cm³/mol. The molecule has 0 aliphatic rings. The Labute approximate surface area is 95.8 Å². The maximum Gasteiger partial charge on any atom is 0.320 e. The molecule has 4 N–H and O–H groups in total. The lowest BCUT2D eigenvalue weighted by Crippen LogP contribution is -2.32. The van der Waals surface area contributed by atoms with E-state index in [1.165, 1.54) is 6.07 Å². The second-order valence-electron chi connectivity index (χ2n) is 3.32. The van der Waals surface area contributed by atoms with E-state index in [1.54, 1.807) is 13.0 Å². The van der Waals surface area contributed by atoms with Gasteiger partial charge in [-0.2, -0.15) is 0 Å². The molecule has 4 nitrogen and oxygen atoms in total. The zero-order valence-corrected chi connectivity index (χ0v) is 9.78. The lowest BCUT2D eigenvalue weighted by molar-refractivity contribution is -0.138. The summed E-state index contributed by atoms with van der Waals surface area (Å²) in [5.41, 5.74) is 6.79. The molecule has 0 bridgehead atoms. The fourth-order valence-electron chi connectivity index (χ4n) is 1.28. The third-order valence-electron chi connectivity index (χ3n) is 2.25. The smallest absolute Gasteiger partial charge is 0.320 e. The van der Waals surface area contributed by atoms with E-state index in [1.807, 2.05) is 0 Å². The van der Waals surface area contributed by atoms with Crippen molar-refractivity contribution >= 4 is 21.9 Å². The number of phenols is 1. The molecule has 0 aliphatic carbocycles. The topological polar surface area (TPSA) is 83.5 Å². The van der Waals surface area contributed by atoms with Gasteiger partial charge in [-0.15, -0.1) is 0 Å². The molecule has 5 heteroatoms. The zero-order chi connectivity index (χ0) is 11.6.